The first kappa shape index (κ1) is 15.0. The zero-order valence-corrected chi connectivity index (χ0v) is 13.4. The number of benzene rings is 2. The summed E-state index contributed by atoms with van der Waals surface area (Å²) in [5.41, 5.74) is 3.09. The number of hydrogen-bond acceptors (Lipinski definition) is 1. The van der Waals surface area contributed by atoms with Gasteiger partial charge in [-0.25, -0.2) is 4.39 Å². The van der Waals surface area contributed by atoms with Crippen molar-refractivity contribution in [2.24, 2.45) is 0 Å². The van der Waals surface area contributed by atoms with Crippen LogP contribution in [0.5, 0.6) is 5.75 Å². The summed E-state index contributed by atoms with van der Waals surface area (Å²) >= 11 is 3.65. The number of rotatable bonds is 4. The van der Waals surface area contributed by atoms with Crippen molar-refractivity contribution in [1.82, 2.24) is 0 Å². The van der Waals surface area contributed by atoms with Crippen LogP contribution in [0.25, 0.3) is 0 Å². The lowest BCUT2D eigenvalue weighted by molar-refractivity contribution is 0.242. The summed E-state index contributed by atoms with van der Waals surface area (Å²) in [6.07, 6.45) is 0.158. The largest absolute Gasteiger partial charge is 0.491 e. The Bertz CT molecular complexity index is 578. The third-order valence-electron chi connectivity index (χ3n) is 3.06. The van der Waals surface area contributed by atoms with Gasteiger partial charge in [0.2, 0.25) is 0 Å². The number of alkyl halides is 1. The standard InChI is InChI=1S/C17H18BrFO/c1-11(2)20-15-8-5-13(6-9-15)17(18)16-10-14(19)7-4-12(16)3/h4-11,17H,1-3H3. The summed E-state index contributed by atoms with van der Waals surface area (Å²) in [7, 11) is 0. The maximum atomic E-state index is 13.4. The number of hydrogen-bond donors (Lipinski definition) is 0. The summed E-state index contributed by atoms with van der Waals surface area (Å²) in [5, 5.41) is 0. The van der Waals surface area contributed by atoms with Gasteiger partial charge in [-0.15, -0.1) is 0 Å². The lowest BCUT2D eigenvalue weighted by atomic mass is 10.0. The molecule has 0 saturated heterocycles. The smallest absolute Gasteiger partial charge is 0.123 e. The molecule has 2 aromatic rings. The van der Waals surface area contributed by atoms with Gasteiger partial charge >= 0.3 is 0 Å². The summed E-state index contributed by atoms with van der Waals surface area (Å²) in [6.45, 7) is 5.98. The summed E-state index contributed by atoms with van der Waals surface area (Å²) in [6, 6.07) is 12.7. The molecule has 0 saturated carbocycles. The van der Waals surface area contributed by atoms with E-state index in [2.05, 4.69) is 15.9 Å². The van der Waals surface area contributed by atoms with E-state index >= 15 is 0 Å². The van der Waals surface area contributed by atoms with Crippen molar-refractivity contribution >= 4 is 15.9 Å². The highest BCUT2D eigenvalue weighted by Gasteiger charge is 2.13. The minimum Gasteiger partial charge on any atom is -0.491 e. The van der Waals surface area contributed by atoms with Crippen molar-refractivity contribution in [3.8, 4) is 5.75 Å². The Balaban J connectivity index is 2.24. The van der Waals surface area contributed by atoms with Crippen LogP contribution < -0.4 is 4.74 Å². The maximum Gasteiger partial charge on any atom is 0.123 e. The Hall–Kier alpha value is -1.35. The summed E-state index contributed by atoms with van der Waals surface area (Å²) < 4.78 is 19.0. The zero-order valence-electron chi connectivity index (χ0n) is 11.9. The van der Waals surface area contributed by atoms with Gasteiger partial charge in [-0.1, -0.05) is 34.1 Å². The van der Waals surface area contributed by atoms with Crippen molar-refractivity contribution in [2.45, 2.75) is 31.7 Å². The van der Waals surface area contributed by atoms with E-state index < -0.39 is 0 Å². The molecule has 0 aliphatic rings. The molecule has 0 aliphatic carbocycles. The normalized spacial score (nSPS) is 12.5. The van der Waals surface area contributed by atoms with E-state index in [9.17, 15) is 4.39 Å². The molecule has 1 atom stereocenters. The van der Waals surface area contributed by atoms with Gasteiger partial charge in [0.1, 0.15) is 11.6 Å². The second-order valence-electron chi connectivity index (χ2n) is 5.10. The fraction of sp³-hybridized carbons (Fsp3) is 0.294. The van der Waals surface area contributed by atoms with Gasteiger partial charge in [-0.05, 0) is 61.7 Å². The number of halogens is 2. The van der Waals surface area contributed by atoms with Gasteiger partial charge in [-0.3, -0.25) is 0 Å². The Morgan fingerprint density at radius 2 is 1.70 bits per heavy atom. The third-order valence-corrected chi connectivity index (χ3v) is 4.08. The summed E-state index contributed by atoms with van der Waals surface area (Å²) in [5.74, 6) is 0.634. The van der Waals surface area contributed by atoms with Crippen molar-refractivity contribution in [3.05, 3.63) is 65.0 Å². The zero-order chi connectivity index (χ0) is 14.7. The second-order valence-corrected chi connectivity index (χ2v) is 6.01. The average Bonchev–Trinajstić information content (AvgIpc) is 2.41. The van der Waals surface area contributed by atoms with E-state index in [0.717, 1.165) is 22.4 Å². The summed E-state index contributed by atoms with van der Waals surface area (Å²) in [4.78, 5) is -0.0219. The lowest BCUT2D eigenvalue weighted by Crippen LogP contribution is -2.05. The molecule has 1 nitrogen and oxygen atoms in total. The molecule has 0 aromatic heterocycles. The van der Waals surface area contributed by atoms with E-state index in [0.29, 0.717) is 0 Å². The molecular weight excluding hydrogens is 319 g/mol. The first-order valence-corrected chi connectivity index (χ1v) is 7.55. The molecule has 0 spiro atoms. The van der Waals surface area contributed by atoms with Gasteiger partial charge in [-0.2, -0.15) is 0 Å². The minimum atomic E-state index is -0.213. The molecule has 106 valence electrons. The van der Waals surface area contributed by atoms with Crippen LogP contribution in [0.15, 0.2) is 42.5 Å². The van der Waals surface area contributed by atoms with Crippen LogP contribution in [0.2, 0.25) is 0 Å². The molecule has 2 rings (SSSR count). The molecule has 2 aromatic carbocycles. The molecule has 0 radical (unpaired) electrons. The SMILES string of the molecule is Cc1ccc(F)cc1C(Br)c1ccc(OC(C)C)cc1. The van der Waals surface area contributed by atoms with E-state index in [1.165, 1.54) is 6.07 Å². The van der Waals surface area contributed by atoms with Crippen LogP contribution in [0, 0.1) is 12.7 Å². The van der Waals surface area contributed by atoms with Crippen molar-refractivity contribution in [1.29, 1.82) is 0 Å². The van der Waals surface area contributed by atoms with Crippen molar-refractivity contribution in [2.75, 3.05) is 0 Å². The fourth-order valence-corrected chi connectivity index (χ4v) is 2.85. The quantitative estimate of drug-likeness (QED) is 0.678. The molecule has 0 bridgehead atoms. The molecule has 20 heavy (non-hydrogen) atoms. The Kier molecular flexibility index (Phi) is 4.81. The average molecular weight is 337 g/mol. The van der Waals surface area contributed by atoms with Crippen LogP contribution in [0.3, 0.4) is 0 Å². The van der Waals surface area contributed by atoms with Crippen LogP contribution in [0.1, 0.15) is 35.4 Å². The molecule has 0 amide bonds. The Labute approximate surface area is 127 Å². The Morgan fingerprint density at radius 3 is 2.30 bits per heavy atom. The van der Waals surface area contributed by atoms with Crippen LogP contribution in [-0.4, -0.2) is 6.10 Å². The van der Waals surface area contributed by atoms with Gasteiger partial charge < -0.3 is 4.74 Å². The first-order valence-electron chi connectivity index (χ1n) is 6.64. The van der Waals surface area contributed by atoms with Gasteiger partial charge in [0.25, 0.3) is 0 Å². The highest BCUT2D eigenvalue weighted by molar-refractivity contribution is 9.09. The molecule has 0 fully saturated rings. The molecule has 3 heteroatoms. The highest BCUT2D eigenvalue weighted by Crippen LogP contribution is 2.34. The van der Waals surface area contributed by atoms with Gasteiger partial charge in [0.15, 0.2) is 0 Å². The Morgan fingerprint density at radius 1 is 1.05 bits per heavy atom. The van der Waals surface area contributed by atoms with Crippen LogP contribution in [-0.2, 0) is 0 Å². The monoisotopic (exact) mass is 336 g/mol. The number of aryl methyl sites for hydroxylation is 1. The molecular formula is C17H18BrFO. The topological polar surface area (TPSA) is 9.23 Å². The molecule has 0 aliphatic heterocycles. The highest BCUT2D eigenvalue weighted by atomic mass is 79.9. The first-order chi connectivity index (χ1) is 9.47. The fourth-order valence-electron chi connectivity index (χ4n) is 2.05. The van der Waals surface area contributed by atoms with E-state index in [1.807, 2.05) is 45.0 Å². The molecule has 1 unspecified atom stereocenters. The van der Waals surface area contributed by atoms with Crippen molar-refractivity contribution < 1.29 is 9.13 Å². The van der Waals surface area contributed by atoms with Gasteiger partial charge in [0, 0.05) is 0 Å². The van der Waals surface area contributed by atoms with Crippen LogP contribution >= 0.6 is 15.9 Å². The lowest BCUT2D eigenvalue weighted by Gasteiger charge is -2.15. The number of ether oxygens (including phenoxy) is 1. The van der Waals surface area contributed by atoms with Crippen molar-refractivity contribution in [3.63, 3.8) is 0 Å². The molecule has 0 heterocycles. The second kappa shape index (κ2) is 6.40. The minimum absolute atomic E-state index is 0.0219. The predicted octanol–water partition coefficient (Wildman–Crippen LogP) is 5.41. The van der Waals surface area contributed by atoms with E-state index in [1.54, 1.807) is 12.1 Å². The van der Waals surface area contributed by atoms with E-state index in [-0.39, 0.29) is 16.7 Å². The van der Waals surface area contributed by atoms with Crippen LogP contribution in [0.4, 0.5) is 4.39 Å². The predicted molar refractivity (Wildman–Crippen MR) is 84.1 cm³/mol. The van der Waals surface area contributed by atoms with E-state index in [4.69, 9.17) is 4.74 Å². The maximum absolute atomic E-state index is 13.4. The molecule has 0 N–H and O–H groups in total. The third kappa shape index (κ3) is 3.60. The van der Waals surface area contributed by atoms with Gasteiger partial charge in [0.05, 0.1) is 10.9 Å².